The first-order valence-corrected chi connectivity index (χ1v) is 5.57. The number of hydrogen-bond acceptors (Lipinski definition) is 1. The molecule has 2 fully saturated rings. The average molecular weight is 177 g/mol. The van der Waals surface area contributed by atoms with Gasteiger partial charge in [0, 0.05) is 6.04 Å². The molecule has 0 amide bonds. The molecule has 2 atom stereocenters. The van der Waals surface area contributed by atoms with Crippen molar-refractivity contribution in [3.8, 4) is 12.3 Å². The minimum Gasteiger partial charge on any atom is -0.303 e. The molecule has 0 aliphatic heterocycles. The maximum atomic E-state index is 5.24. The van der Waals surface area contributed by atoms with E-state index in [1.807, 2.05) is 0 Å². The number of hydrogen-bond donors (Lipinski definition) is 1. The van der Waals surface area contributed by atoms with Crippen molar-refractivity contribution in [2.45, 2.75) is 44.6 Å². The smallest absolute Gasteiger partial charge is 0.0575 e. The molecule has 2 rings (SSSR count). The highest BCUT2D eigenvalue weighted by Crippen LogP contribution is 2.43. The maximum absolute atomic E-state index is 5.24. The Morgan fingerprint density at radius 2 is 2.00 bits per heavy atom. The normalized spacial score (nSPS) is 34.1. The molecule has 1 heteroatoms. The molecule has 0 saturated heterocycles. The number of rotatable bonds is 3. The van der Waals surface area contributed by atoms with Crippen LogP contribution in [-0.4, -0.2) is 12.6 Å². The van der Waals surface area contributed by atoms with E-state index in [1.54, 1.807) is 0 Å². The predicted molar refractivity (Wildman–Crippen MR) is 55.3 cm³/mol. The second-order valence-electron chi connectivity index (χ2n) is 4.55. The molecular formula is C12H19N. The quantitative estimate of drug-likeness (QED) is 0.651. The molecule has 2 aliphatic carbocycles. The summed E-state index contributed by atoms with van der Waals surface area (Å²) in [7, 11) is 0. The zero-order valence-electron chi connectivity index (χ0n) is 8.26. The molecule has 0 bridgehead atoms. The van der Waals surface area contributed by atoms with Crippen LogP contribution in [0.25, 0.3) is 0 Å². The lowest BCUT2D eigenvalue weighted by Crippen LogP contribution is -2.34. The molecule has 2 aliphatic rings. The average Bonchev–Trinajstić information content (AvgIpc) is 2.98. The van der Waals surface area contributed by atoms with Gasteiger partial charge in [-0.1, -0.05) is 18.8 Å². The minimum atomic E-state index is 0.718. The Labute approximate surface area is 81.3 Å². The third-order valence-electron chi connectivity index (χ3n) is 3.50. The van der Waals surface area contributed by atoms with Crippen molar-refractivity contribution in [3.63, 3.8) is 0 Å². The van der Waals surface area contributed by atoms with Gasteiger partial charge in [-0.05, 0) is 37.5 Å². The first-order chi connectivity index (χ1) is 6.40. The van der Waals surface area contributed by atoms with Crippen molar-refractivity contribution in [2.24, 2.45) is 11.8 Å². The minimum absolute atomic E-state index is 0.718. The predicted octanol–water partition coefficient (Wildman–Crippen LogP) is 2.18. The molecule has 2 unspecified atom stereocenters. The molecule has 0 aromatic heterocycles. The largest absolute Gasteiger partial charge is 0.303 e. The van der Waals surface area contributed by atoms with Crippen LogP contribution >= 0.6 is 0 Å². The first kappa shape index (κ1) is 9.09. The van der Waals surface area contributed by atoms with Crippen molar-refractivity contribution in [2.75, 3.05) is 6.54 Å². The molecule has 0 radical (unpaired) electrons. The van der Waals surface area contributed by atoms with E-state index >= 15 is 0 Å². The van der Waals surface area contributed by atoms with Gasteiger partial charge in [-0.3, -0.25) is 0 Å². The summed E-state index contributed by atoms with van der Waals surface area (Å²) in [4.78, 5) is 0. The lowest BCUT2D eigenvalue weighted by Gasteiger charge is -2.29. The first-order valence-electron chi connectivity index (χ1n) is 5.57. The Hall–Kier alpha value is -0.480. The summed E-state index contributed by atoms with van der Waals surface area (Å²) in [5.74, 6) is 4.76. The van der Waals surface area contributed by atoms with Crippen LogP contribution in [-0.2, 0) is 0 Å². The highest BCUT2D eigenvalue weighted by atomic mass is 14.9. The van der Waals surface area contributed by atoms with Gasteiger partial charge in [0.25, 0.3) is 0 Å². The van der Waals surface area contributed by atoms with Crippen LogP contribution in [0.1, 0.15) is 38.5 Å². The summed E-state index contributed by atoms with van der Waals surface area (Å²) < 4.78 is 0. The van der Waals surface area contributed by atoms with Crippen molar-refractivity contribution >= 4 is 0 Å². The van der Waals surface area contributed by atoms with Crippen LogP contribution in [0.3, 0.4) is 0 Å². The molecule has 0 heterocycles. The number of terminal acetylenes is 1. The Bertz CT molecular complexity index is 200. The van der Waals surface area contributed by atoms with E-state index in [0.717, 1.165) is 24.4 Å². The molecule has 0 aromatic rings. The van der Waals surface area contributed by atoms with Crippen LogP contribution < -0.4 is 5.32 Å². The Morgan fingerprint density at radius 3 is 2.69 bits per heavy atom. The summed E-state index contributed by atoms with van der Waals surface area (Å²) in [6, 6.07) is 0.718. The lowest BCUT2D eigenvalue weighted by atomic mass is 9.83. The molecule has 2 saturated carbocycles. The van der Waals surface area contributed by atoms with Crippen molar-refractivity contribution in [3.05, 3.63) is 0 Å². The molecule has 0 spiro atoms. The summed E-state index contributed by atoms with van der Waals surface area (Å²) >= 11 is 0. The van der Waals surface area contributed by atoms with Crippen LogP contribution in [0.15, 0.2) is 0 Å². The van der Waals surface area contributed by atoms with Gasteiger partial charge in [-0.2, -0.15) is 0 Å². The van der Waals surface area contributed by atoms with Crippen molar-refractivity contribution in [1.82, 2.24) is 5.32 Å². The topological polar surface area (TPSA) is 12.0 Å². The van der Waals surface area contributed by atoms with Gasteiger partial charge >= 0.3 is 0 Å². The van der Waals surface area contributed by atoms with E-state index in [2.05, 4.69) is 11.2 Å². The Kier molecular flexibility index (Phi) is 2.90. The van der Waals surface area contributed by atoms with E-state index < -0.39 is 0 Å². The molecule has 72 valence electrons. The van der Waals surface area contributed by atoms with E-state index in [4.69, 9.17) is 6.42 Å². The van der Waals surface area contributed by atoms with Gasteiger partial charge in [-0.25, -0.2) is 0 Å². The molecule has 0 aromatic carbocycles. The van der Waals surface area contributed by atoms with Crippen molar-refractivity contribution in [1.29, 1.82) is 0 Å². The van der Waals surface area contributed by atoms with Crippen molar-refractivity contribution < 1.29 is 0 Å². The monoisotopic (exact) mass is 177 g/mol. The van der Waals surface area contributed by atoms with Crippen LogP contribution in [0.5, 0.6) is 0 Å². The van der Waals surface area contributed by atoms with Gasteiger partial charge in [0.2, 0.25) is 0 Å². The van der Waals surface area contributed by atoms with Gasteiger partial charge < -0.3 is 5.32 Å². The second-order valence-corrected chi connectivity index (χ2v) is 4.55. The highest BCUT2D eigenvalue weighted by molar-refractivity contribution is 4.92. The third-order valence-corrected chi connectivity index (χ3v) is 3.50. The van der Waals surface area contributed by atoms with Crippen LogP contribution in [0.4, 0.5) is 0 Å². The molecule has 13 heavy (non-hydrogen) atoms. The van der Waals surface area contributed by atoms with Crippen LogP contribution in [0.2, 0.25) is 0 Å². The fraction of sp³-hybridized carbons (Fsp3) is 0.833. The second kappa shape index (κ2) is 4.15. The van der Waals surface area contributed by atoms with Gasteiger partial charge in [0.15, 0.2) is 0 Å². The zero-order valence-corrected chi connectivity index (χ0v) is 8.26. The maximum Gasteiger partial charge on any atom is 0.0575 e. The fourth-order valence-electron chi connectivity index (χ4n) is 2.61. The Balaban J connectivity index is 1.75. The number of nitrogens with one attached hydrogen (secondary N) is 1. The van der Waals surface area contributed by atoms with Gasteiger partial charge in [0.05, 0.1) is 6.54 Å². The summed E-state index contributed by atoms with van der Waals surface area (Å²) in [6.07, 6.45) is 13.8. The summed E-state index contributed by atoms with van der Waals surface area (Å²) in [6.45, 7) is 0.752. The lowest BCUT2D eigenvalue weighted by molar-refractivity contribution is 0.266. The van der Waals surface area contributed by atoms with E-state index in [-0.39, 0.29) is 0 Å². The van der Waals surface area contributed by atoms with Gasteiger partial charge in [-0.15, -0.1) is 6.42 Å². The Morgan fingerprint density at radius 1 is 1.15 bits per heavy atom. The van der Waals surface area contributed by atoms with Gasteiger partial charge in [0.1, 0.15) is 0 Å². The van der Waals surface area contributed by atoms with E-state index in [0.29, 0.717) is 0 Å². The van der Waals surface area contributed by atoms with E-state index in [9.17, 15) is 0 Å². The molecule has 1 nitrogen and oxygen atoms in total. The summed E-state index contributed by atoms with van der Waals surface area (Å²) in [5, 5.41) is 3.45. The zero-order chi connectivity index (χ0) is 9.10. The highest BCUT2D eigenvalue weighted by Gasteiger charge is 2.34. The molecule has 1 N–H and O–H groups in total. The molecular weight excluding hydrogens is 158 g/mol. The van der Waals surface area contributed by atoms with Crippen LogP contribution in [0, 0.1) is 24.2 Å². The fourth-order valence-corrected chi connectivity index (χ4v) is 2.61. The SMILES string of the molecule is C#CCNC1CCCC(C2CC2)C1. The third kappa shape index (κ3) is 2.48. The van der Waals surface area contributed by atoms with E-state index in [1.165, 1.54) is 38.5 Å². The summed E-state index contributed by atoms with van der Waals surface area (Å²) in [5.41, 5.74) is 0. The standard InChI is InChI=1S/C12H19N/c1-2-8-13-12-5-3-4-11(9-12)10-6-7-10/h1,10-13H,3-9H2.